The normalized spacial score (nSPS) is 12.3. The van der Waals surface area contributed by atoms with E-state index in [9.17, 15) is 4.79 Å². The van der Waals surface area contributed by atoms with Gasteiger partial charge in [-0.2, -0.15) is 0 Å². The van der Waals surface area contributed by atoms with Gasteiger partial charge in [0.25, 0.3) is 5.91 Å². The second-order valence-corrected chi connectivity index (χ2v) is 7.61. The van der Waals surface area contributed by atoms with E-state index >= 15 is 0 Å². The Morgan fingerprint density at radius 2 is 1.69 bits per heavy atom. The van der Waals surface area contributed by atoms with Crippen LogP contribution in [0.1, 0.15) is 38.8 Å². The third-order valence-corrected chi connectivity index (χ3v) is 4.08. The van der Waals surface area contributed by atoms with Crippen molar-refractivity contribution in [3.63, 3.8) is 0 Å². The number of rotatable bonds is 7. The Hall–Kier alpha value is -2.49. The van der Waals surface area contributed by atoms with Crippen LogP contribution in [0, 0.1) is 6.92 Å². The van der Waals surface area contributed by atoms with Crippen molar-refractivity contribution in [2.24, 2.45) is 0 Å². The van der Waals surface area contributed by atoms with E-state index < -0.39 is 0 Å². The molecule has 0 heterocycles. The van der Waals surface area contributed by atoms with E-state index in [4.69, 9.17) is 9.47 Å². The van der Waals surface area contributed by atoms with Gasteiger partial charge in [0.05, 0.1) is 6.04 Å². The highest BCUT2D eigenvalue weighted by molar-refractivity contribution is 5.77. The molecule has 0 aliphatic rings. The van der Waals surface area contributed by atoms with E-state index in [1.807, 2.05) is 62.4 Å². The molecule has 1 amide bonds. The standard InChI is InChI=1S/C22H29NO3/c1-16-8-6-7-9-20(16)26-14-17(2)23-21(24)15-25-19-12-10-18(11-13-19)22(3,4)5/h6-13,17H,14-15H2,1-5H3,(H,23,24)/t17-/m0/s1. The monoisotopic (exact) mass is 355 g/mol. The van der Waals surface area contributed by atoms with E-state index in [2.05, 4.69) is 26.1 Å². The van der Waals surface area contributed by atoms with Crippen molar-refractivity contribution in [3.05, 3.63) is 59.7 Å². The number of benzene rings is 2. The number of para-hydroxylation sites is 1. The van der Waals surface area contributed by atoms with Crippen LogP contribution in [-0.2, 0) is 10.2 Å². The van der Waals surface area contributed by atoms with Gasteiger partial charge in [0.2, 0.25) is 0 Å². The van der Waals surface area contributed by atoms with Crippen LogP contribution < -0.4 is 14.8 Å². The smallest absolute Gasteiger partial charge is 0.258 e. The lowest BCUT2D eigenvalue weighted by Gasteiger charge is -2.19. The quantitative estimate of drug-likeness (QED) is 0.807. The zero-order valence-electron chi connectivity index (χ0n) is 16.3. The number of carbonyl (C=O) groups excluding carboxylic acids is 1. The van der Waals surface area contributed by atoms with Crippen LogP contribution in [0.2, 0.25) is 0 Å². The molecule has 0 spiro atoms. The Morgan fingerprint density at radius 3 is 2.31 bits per heavy atom. The van der Waals surface area contributed by atoms with Gasteiger partial charge in [-0.3, -0.25) is 4.79 Å². The van der Waals surface area contributed by atoms with Crippen LogP contribution in [0.15, 0.2) is 48.5 Å². The molecule has 0 saturated carbocycles. The number of ether oxygens (including phenoxy) is 2. The van der Waals surface area contributed by atoms with E-state index in [0.29, 0.717) is 12.4 Å². The van der Waals surface area contributed by atoms with Gasteiger partial charge in [-0.1, -0.05) is 51.1 Å². The molecule has 140 valence electrons. The first-order valence-corrected chi connectivity index (χ1v) is 8.97. The van der Waals surface area contributed by atoms with Gasteiger partial charge < -0.3 is 14.8 Å². The lowest BCUT2D eigenvalue weighted by molar-refractivity contribution is -0.123. The molecule has 0 unspecified atom stereocenters. The predicted molar refractivity (Wildman–Crippen MR) is 105 cm³/mol. The minimum absolute atomic E-state index is 0.0103. The first kappa shape index (κ1) is 19.8. The summed E-state index contributed by atoms with van der Waals surface area (Å²) in [6.07, 6.45) is 0. The summed E-state index contributed by atoms with van der Waals surface area (Å²) in [5.41, 5.74) is 2.41. The van der Waals surface area contributed by atoms with Gasteiger partial charge in [0.15, 0.2) is 6.61 Å². The number of nitrogens with one attached hydrogen (secondary N) is 1. The summed E-state index contributed by atoms with van der Waals surface area (Å²) >= 11 is 0. The summed E-state index contributed by atoms with van der Waals surface area (Å²) in [7, 11) is 0. The van der Waals surface area contributed by atoms with Crippen LogP contribution in [-0.4, -0.2) is 25.2 Å². The summed E-state index contributed by atoms with van der Waals surface area (Å²) in [6.45, 7) is 10.8. The molecule has 0 radical (unpaired) electrons. The Morgan fingerprint density at radius 1 is 1.04 bits per heavy atom. The molecule has 2 rings (SSSR count). The predicted octanol–water partition coefficient (Wildman–Crippen LogP) is 4.26. The average molecular weight is 355 g/mol. The molecule has 26 heavy (non-hydrogen) atoms. The molecule has 0 saturated heterocycles. The van der Waals surface area contributed by atoms with Crippen LogP contribution in [0.4, 0.5) is 0 Å². The maximum atomic E-state index is 12.0. The van der Waals surface area contributed by atoms with Gasteiger partial charge in [0.1, 0.15) is 18.1 Å². The van der Waals surface area contributed by atoms with Crippen LogP contribution in [0.3, 0.4) is 0 Å². The second kappa shape index (κ2) is 8.75. The average Bonchev–Trinajstić information content (AvgIpc) is 2.59. The highest BCUT2D eigenvalue weighted by atomic mass is 16.5. The summed E-state index contributed by atoms with van der Waals surface area (Å²) < 4.78 is 11.3. The number of carbonyl (C=O) groups is 1. The lowest BCUT2D eigenvalue weighted by Crippen LogP contribution is -2.39. The highest BCUT2D eigenvalue weighted by Crippen LogP contribution is 2.24. The summed E-state index contributed by atoms with van der Waals surface area (Å²) in [5.74, 6) is 1.37. The van der Waals surface area contributed by atoms with Crippen molar-refractivity contribution in [2.45, 2.75) is 46.1 Å². The third kappa shape index (κ3) is 6.10. The van der Waals surface area contributed by atoms with Crippen LogP contribution in [0.5, 0.6) is 11.5 Å². The summed E-state index contributed by atoms with van der Waals surface area (Å²) in [5, 5.41) is 2.89. The number of amides is 1. The molecule has 2 aromatic carbocycles. The molecular weight excluding hydrogens is 326 g/mol. The Labute approximate surface area is 156 Å². The Kier molecular flexibility index (Phi) is 6.67. The van der Waals surface area contributed by atoms with E-state index in [-0.39, 0.29) is 24.0 Å². The number of hydrogen-bond donors (Lipinski definition) is 1. The molecule has 1 N–H and O–H groups in total. The maximum Gasteiger partial charge on any atom is 0.258 e. The molecule has 0 aliphatic carbocycles. The van der Waals surface area contributed by atoms with Crippen LogP contribution in [0.25, 0.3) is 0 Å². The Balaban J connectivity index is 1.75. The van der Waals surface area contributed by atoms with Gasteiger partial charge >= 0.3 is 0 Å². The first-order chi connectivity index (χ1) is 12.3. The highest BCUT2D eigenvalue weighted by Gasteiger charge is 2.13. The summed E-state index contributed by atoms with van der Waals surface area (Å²) in [6, 6.07) is 15.6. The van der Waals surface area contributed by atoms with Gasteiger partial charge in [-0.25, -0.2) is 0 Å². The summed E-state index contributed by atoms with van der Waals surface area (Å²) in [4.78, 5) is 12.0. The van der Waals surface area contributed by atoms with Crippen molar-refractivity contribution < 1.29 is 14.3 Å². The molecule has 0 aliphatic heterocycles. The fraction of sp³-hybridized carbons (Fsp3) is 0.409. The van der Waals surface area contributed by atoms with Crippen molar-refractivity contribution in [1.29, 1.82) is 0 Å². The molecule has 1 atom stereocenters. The topological polar surface area (TPSA) is 47.6 Å². The number of aryl methyl sites for hydroxylation is 1. The molecule has 2 aromatic rings. The van der Waals surface area contributed by atoms with Crippen molar-refractivity contribution >= 4 is 5.91 Å². The van der Waals surface area contributed by atoms with E-state index in [0.717, 1.165) is 11.3 Å². The first-order valence-electron chi connectivity index (χ1n) is 8.97. The zero-order chi connectivity index (χ0) is 19.2. The molecule has 0 fully saturated rings. The fourth-order valence-electron chi connectivity index (χ4n) is 2.49. The van der Waals surface area contributed by atoms with Gasteiger partial charge in [-0.05, 0) is 48.6 Å². The molecule has 4 heteroatoms. The molecule has 0 aromatic heterocycles. The van der Waals surface area contributed by atoms with Gasteiger partial charge in [-0.15, -0.1) is 0 Å². The largest absolute Gasteiger partial charge is 0.491 e. The second-order valence-electron chi connectivity index (χ2n) is 7.61. The van der Waals surface area contributed by atoms with Gasteiger partial charge in [0, 0.05) is 0 Å². The minimum Gasteiger partial charge on any atom is -0.491 e. The molecular formula is C22H29NO3. The van der Waals surface area contributed by atoms with E-state index in [1.165, 1.54) is 5.56 Å². The minimum atomic E-state index is -0.161. The SMILES string of the molecule is Cc1ccccc1OC[C@H](C)NC(=O)COc1ccc(C(C)(C)C)cc1. The Bertz CT molecular complexity index is 717. The number of hydrogen-bond acceptors (Lipinski definition) is 3. The van der Waals surface area contributed by atoms with Crippen molar-refractivity contribution in [1.82, 2.24) is 5.32 Å². The lowest BCUT2D eigenvalue weighted by atomic mass is 9.87. The van der Waals surface area contributed by atoms with Crippen molar-refractivity contribution in [2.75, 3.05) is 13.2 Å². The zero-order valence-corrected chi connectivity index (χ0v) is 16.3. The fourth-order valence-corrected chi connectivity index (χ4v) is 2.49. The third-order valence-electron chi connectivity index (χ3n) is 4.08. The van der Waals surface area contributed by atoms with E-state index in [1.54, 1.807) is 0 Å². The van der Waals surface area contributed by atoms with Crippen molar-refractivity contribution in [3.8, 4) is 11.5 Å². The molecule has 0 bridgehead atoms. The van der Waals surface area contributed by atoms with Crippen LogP contribution >= 0.6 is 0 Å². The maximum absolute atomic E-state index is 12.0. The molecule has 4 nitrogen and oxygen atoms in total.